The second kappa shape index (κ2) is 14.2. The SMILES string of the molecule is I.O=C(C1CCCCC1)N1CCC(NC(=NCCN2CCOCC2)NCCc2ccco2)C1. The number of rotatable bonds is 8. The highest BCUT2D eigenvalue weighted by atomic mass is 127. The summed E-state index contributed by atoms with van der Waals surface area (Å²) in [5.41, 5.74) is 0. The van der Waals surface area contributed by atoms with Gasteiger partial charge in [0.25, 0.3) is 0 Å². The van der Waals surface area contributed by atoms with Crippen LogP contribution < -0.4 is 10.6 Å². The van der Waals surface area contributed by atoms with Crippen molar-refractivity contribution >= 4 is 35.8 Å². The Hall–Kier alpha value is -1.33. The molecule has 33 heavy (non-hydrogen) atoms. The second-order valence-electron chi connectivity index (χ2n) is 9.19. The highest BCUT2D eigenvalue weighted by molar-refractivity contribution is 14.0. The first-order valence-electron chi connectivity index (χ1n) is 12.4. The molecule has 1 aromatic heterocycles. The molecule has 2 N–H and O–H groups in total. The summed E-state index contributed by atoms with van der Waals surface area (Å²) < 4.78 is 10.9. The van der Waals surface area contributed by atoms with Crippen LogP contribution in [0, 0.1) is 5.92 Å². The third-order valence-corrected chi connectivity index (χ3v) is 6.83. The molecule has 9 heteroatoms. The average Bonchev–Trinajstić information content (AvgIpc) is 3.52. The lowest BCUT2D eigenvalue weighted by molar-refractivity contribution is -0.135. The first-order chi connectivity index (χ1) is 15.8. The number of nitrogens with zero attached hydrogens (tertiary/aromatic N) is 3. The number of hydrogen-bond donors (Lipinski definition) is 2. The number of guanidine groups is 1. The zero-order valence-electron chi connectivity index (χ0n) is 19.7. The number of morpholine rings is 1. The maximum Gasteiger partial charge on any atom is 0.225 e. The summed E-state index contributed by atoms with van der Waals surface area (Å²) in [6.45, 7) is 7.63. The van der Waals surface area contributed by atoms with Crippen molar-refractivity contribution in [3.63, 3.8) is 0 Å². The normalized spacial score (nSPS) is 22.7. The molecule has 1 unspecified atom stereocenters. The van der Waals surface area contributed by atoms with E-state index in [0.29, 0.717) is 5.91 Å². The highest BCUT2D eigenvalue weighted by Crippen LogP contribution is 2.26. The lowest BCUT2D eigenvalue weighted by Crippen LogP contribution is -2.46. The molecule has 0 aromatic carbocycles. The van der Waals surface area contributed by atoms with Crippen molar-refractivity contribution in [3.05, 3.63) is 24.2 Å². The van der Waals surface area contributed by atoms with E-state index in [-0.39, 0.29) is 35.9 Å². The predicted molar refractivity (Wildman–Crippen MR) is 140 cm³/mol. The Morgan fingerprint density at radius 3 is 2.70 bits per heavy atom. The van der Waals surface area contributed by atoms with E-state index in [2.05, 4.69) is 20.4 Å². The minimum Gasteiger partial charge on any atom is -0.469 e. The summed E-state index contributed by atoms with van der Waals surface area (Å²) in [6, 6.07) is 4.16. The molecule has 1 atom stereocenters. The van der Waals surface area contributed by atoms with Crippen molar-refractivity contribution in [3.8, 4) is 0 Å². The van der Waals surface area contributed by atoms with E-state index in [1.807, 2.05) is 12.1 Å². The molecule has 0 radical (unpaired) electrons. The van der Waals surface area contributed by atoms with Crippen molar-refractivity contribution < 1.29 is 13.9 Å². The summed E-state index contributed by atoms with van der Waals surface area (Å²) in [5.74, 6) is 2.42. The minimum atomic E-state index is 0. The van der Waals surface area contributed by atoms with Gasteiger partial charge in [-0.1, -0.05) is 19.3 Å². The van der Waals surface area contributed by atoms with Crippen molar-refractivity contribution in [1.29, 1.82) is 0 Å². The molecule has 1 aromatic rings. The fourth-order valence-corrected chi connectivity index (χ4v) is 4.92. The van der Waals surface area contributed by atoms with Crippen LogP contribution in [0.4, 0.5) is 0 Å². The van der Waals surface area contributed by atoms with E-state index >= 15 is 0 Å². The van der Waals surface area contributed by atoms with Crippen molar-refractivity contribution in [2.75, 3.05) is 59.0 Å². The highest BCUT2D eigenvalue weighted by Gasteiger charge is 2.31. The molecule has 0 spiro atoms. The van der Waals surface area contributed by atoms with Gasteiger partial charge < -0.3 is 24.7 Å². The summed E-state index contributed by atoms with van der Waals surface area (Å²) >= 11 is 0. The quantitative estimate of drug-likeness (QED) is 0.283. The summed E-state index contributed by atoms with van der Waals surface area (Å²) in [5, 5.41) is 7.06. The van der Waals surface area contributed by atoms with Crippen LogP contribution in [-0.2, 0) is 16.0 Å². The number of amides is 1. The van der Waals surface area contributed by atoms with Gasteiger partial charge in [0.15, 0.2) is 5.96 Å². The van der Waals surface area contributed by atoms with Crippen LogP contribution in [0.5, 0.6) is 0 Å². The smallest absolute Gasteiger partial charge is 0.225 e. The summed E-state index contributed by atoms with van der Waals surface area (Å²) in [7, 11) is 0. The Morgan fingerprint density at radius 2 is 1.94 bits per heavy atom. The molecule has 3 fully saturated rings. The first-order valence-corrected chi connectivity index (χ1v) is 12.4. The maximum absolute atomic E-state index is 12.9. The molecule has 1 amide bonds. The van der Waals surface area contributed by atoms with Gasteiger partial charge in [0.1, 0.15) is 5.76 Å². The number of hydrogen-bond acceptors (Lipinski definition) is 5. The van der Waals surface area contributed by atoms with Crippen LogP contribution >= 0.6 is 24.0 Å². The lowest BCUT2D eigenvalue weighted by atomic mass is 9.88. The summed E-state index contributed by atoms with van der Waals surface area (Å²) in [4.78, 5) is 22.2. The molecular formula is C24H40IN5O3. The van der Waals surface area contributed by atoms with Crippen molar-refractivity contribution in [2.45, 2.75) is 51.0 Å². The number of carbonyl (C=O) groups excluding carboxylic acids is 1. The number of aliphatic imine (C=N–C) groups is 1. The van der Waals surface area contributed by atoms with Gasteiger partial charge in [-0.15, -0.1) is 24.0 Å². The molecule has 4 rings (SSSR count). The molecular weight excluding hydrogens is 533 g/mol. The number of furan rings is 1. The van der Waals surface area contributed by atoms with E-state index < -0.39 is 0 Å². The minimum absolute atomic E-state index is 0. The van der Waals surface area contributed by atoms with Crippen LogP contribution in [0.1, 0.15) is 44.3 Å². The van der Waals surface area contributed by atoms with Gasteiger partial charge in [-0.3, -0.25) is 14.7 Å². The number of ether oxygens (including phenoxy) is 1. The largest absolute Gasteiger partial charge is 0.469 e. The first kappa shape index (κ1) is 26.3. The third-order valence-electron chi connectivity index (χ3n) is 6.83. The van der Waals surface area contributed by atoms with Gasteiger partial charge in [0.2, 0.25) is 5.91 Å². The van der Waals surface area contributed by atoms with Crippen LogP contribution in [0.15, 0.2) is 27.8 Å². The summed E-state index contributed by atoms with van der Waals surface area (Å²) in [6.07, 6.45) is 9.31. The van der Waals surface area contributed by atoms with Crippen LogP contribution in [0.2, 0.25) is 0 Å². The fourth-order valence-electron chi connectivity index (χ4n) is 4.92. The number of halogens is 1. The molecule has 2 saturated heterocycles. The van der Waals surface area contributed by atoms with E-state index in [1.54, 1.807) is 6.26 Å². The molecule has 2 aliphatic heterocycles. The Kier molecular flexibility index (Phi) is 11.3. The van der Waals surface area contributed by atoms with Gasteiger partial charge in [0.05, 0.1) is 26.0 Å². The maximum atomic E-state index is 12.9. The van der Waals surface area contributed by atoms with E-state index in [9.17, 15) is 4.79 Å². The van der Waals surface area contributed by atoms with Gasteiger partial charge in [0, 0.05) is 57.6 Å². The predicted octanol–water partition coefficient (Wildman–Crippen LogP) is 2.49. The van der Waals surface area contributed by atoms with E-state index in [4.69, 9.17) is 14.1 Å². The number of likely N-dealkylation sites (tertiary alicyclic amines) is 1. The van der Waals surface area contributed by atoms with Crippen LogP contribution in [0.25, 0.3) is 0 Å². The van der Waals surface area contributed by atoms with Gasteiger partial charge >= 0.3 is 0 Å². The molecule has 3 aliphatic rings. The van der Waals surface area contributed by atoms with Gasteiger partial charge in [-0.25, -0.2) is 0 Å². The second-order valence-corrected chi connectivity index (χ2v) is 9.19. The lowest BCUT2D eigenvalue weighted by Gasteiger charge is -2.27. The Bertz CT molecular complexity index is 718. The van der Waals surface area contributed by atoms with E-state index in [1.165, 1.54) is 19.3 Å². The monoisotopic (exact) mass is 573 g/mol. The van der Waals surface area contributed by atoms with Crippen LogP contribution in [-0.4, -0.2) is 86.7 Å². The molecule has 1 aliphatic carbocycles. The Morgan fingerprint density at radius 1 is 1.12 bits per heavy atom. The molecule has 1 saturated carbocycles. The zero-order chi connectivity index (χ0) is 22.0. The van der Waals surface area contributed by atoms with Gasteiger partial charge in [-0.05, 0) is 31.4 Å². The van der Waals surface area contributed by atoms with Crippen molar-refractivity contribution in [2.24, 2.45) is 10.9 Å². The number of carbonyl (C=O) groups is 1. The average molecular weight is 574 g/mol. The molecule has 3 heterocycles. The molecule has 186 valence electrons. The van der Waals surface area contributed by atoms with Crippen LogP contribution in [0.3, 0.4) is 0 Å². The fraction of sp³-hybridized carbons (Fsp3) is 0.750. The Labute approximate surface area is 214 Å². The Balaban J connectivity index is 0.00000306. The van der Waals surface area contributed by atoms with Crippen molar-refractivity contribution in [1.82, 2.24) is 20.4 Å². The molecule has 0 bridgehead atoms. The van der Waals surface area contributed by atoms with E-state index in [0.717, 1.165) is 96.4 Å². The molecule has 8 nitrogen and oxygen atoms in total. The topological polar surface area (TPSA) is 82.3 Å². The van der Waals surface area contributed by atoms with Gasteiger partial charge in [-0.2, -0.15) is 0 Å². The third kappa shape index (κ3) is 8.43. The zero-order valence-corrected chi connectivity index (χ0v) is 22.0. The standard InChI is InChI=1S/C24H39N5O3.HI/c30-23(20-5-2-1-3-6-20)29-12-9-21(19-29)27-24(25-10-8-22-7-4-16-32-22)26-11-13-28-14-17-31-18-15-28;/h4,7,16,20-21H,1-3,5-6,8-15,17-19H2,(H2,25,26,27);1H. The number of nitrogens with one attached hydrogen (secondary N) is 2.